The van der Waals surface area contributed by atoms with Gasteiger partial charge in [-0.3, -0.25) is 0 Å². The molecular weight excluding hydrogens is 332 g/mol. The van der Waals surface area contributed by atoms with Gasteiger partial charge in [0.25, 0.3) is 0 Å². The number of hydrogen-bond acceptors (Lipinski definition) is 10. The van der Waals surface area contributed by atoms with Gasteiger partial charge in [-0.15, -0.1) is 0 Å². The van der Waals surface area contributed by atoms with Crippen molar-refractivity contribution in [2.75, 3.05) is 0 Å². The fraction of sp³-hybridized carbons (Fsp3) is 0.467. The van der Waals surface area contributed by atoms with Gasteiger partial charge in [-0.25, -0.2) is 0 Å². The van der Waals surface area contributed by atoms with Crippen molar-refractivity contribution in [2.24, 2.45) is 20.6 Å². The third-order valence-electron chi connectivity index (χ3n) is 4.67. The Bertz CT molecular complexity index is 685. The molecule has 0 spiro atoms. The minimum atomic E-state index is -1.30. The summed E-state index contributed by atoms with van der Waals surface area (Å²) in [4.78, 5) is 0. The van der Waals surface area contributed by atoms with Crippen molar-refractivity contribution in [3.05, 3.63) is 22.3 Å². The normalized spacial score (nSPS) is 31.7. The van der Waals surface area contributed by atoms with E-state index in [1.165, 1.54) is 0 Å². The summed E-state index contributed by atoms with van der Waals surface area (Å²) in [5.74, 6) is 0. The van der Waals surface area contributed by atoms with E-state index in [1.807, 2.05) is 0 Å². The van der Waals surface area contributed by atoms with E-state index in [0.29, 0.717) is 28.7 Å². The van der Waals surface area contributed by atoms with Gasteiger partial charge in [-0.05, 0) is 31.4 Å². The van der Waals surface area contributed by atoms with Crippen molar-refractivity contribution in [2.45, 2.75) is 45.3 Å². The van der Waals surface area contributed by atoms with E-state index in [-0.39, 0.29) is 35.7 Å². The summed E-state index contributed by atoms with van der Waals surface area (Å²) in [6, 6.07) is 0. The second-order valence-corrected chi connectivity index (χ2v) is 5.95. The predicted octanol–water partition coefficient (Wildman–Crippen LogP) is 0.859. The van der Waals surface area contributed by atoms with Crippen LogP contribution < -0.4 is 0 Å². The second kappa shape index (κ2) is 7.45. The Hall–Kier alpha value is -2.72. The Balaban J connectivity index is 2.47. The molecule has 0 saturated carbocycles. The largest absolute Gasteiger partial charge is 0.411 e. The van der Waals surface area contributed by atoms with Crippen molar-refractivity contribution < 1.29 is 31.0 Å². The molecule has 0 aromatic heterocycles. The molecule has 0 fully saturated rings. The van der Waals surface area contributed by atoms with E-state index in [2.05, 4.69) is 20.6 Å². The van der Waals surface area contributed by atoms with E-state index >= 15 is 0 Å². The van der Waals surface area contributed by atoms with Crippen LogP contribution in [0.3, 0.4) is 0 Å². The fourth-order valence-electron chi connectivity index (χ4n) is 3.07. The molecule has 0 aliphatic heterocycles. The van der Waals surface area contributed by atoms with Gasteiger partial charge < -0.3 is 31.0 Å². The Morgan fingerprint density at radius 1 is 0.720 bits per heavy atom. The van der Waals surface area contributed by atoms with Crippen LogP contribution in [0.4, 0.5) is 0 Å². The van der Waals surface area contributed by atoms with Crippen LogP contribution in [0, 0.1) is 0 Å². The molecule has 2 aliphatic carbocycles. The van der Waals surface area contributed by atoms with E-state index < -0.39 is 12.2 Å². The van der Waals surface area contributed by atoms with Gasteiger partial charge >= 0.3 is 0 Å². The number of aliphatic hydroxyl groups excluding tert-OH is 2. The molecular formula is C15H20N4O6. The summed E-state index contributed by atoms with van der Waals surface area (Å²) in [5.41, 5.74) is 2.55. The topological polar surface area (TPSA) is 171 Å². The summed E-state index contributed by atoms with van der Waals surface area (Å²) >= 11 is 0. The minimum Gasteiger partial charge on any atom is -0.411 e. The molecule has 136 valence electrons. The van der Waals surface area contributed by atoms with Crippen molar-refractivity contribution in [3.63, 3.8) is 0 Å². The zero-order valence-electron chi connectivity index (χ0n) is 13.7. The first kappa shape index (κ1) is 18.6. The highest BCUT2D eigenvalue weighted by molar-refractivity contribution is 6.21. The zero-order chi connectivity index (χ0) is 18.7. The quantitative estimate of drug-likeness (QED) is 0.318. The van der Waals surface area contributed by atoms with Gasteiger partial charge in [0.05, 0.1) is 11.4 Å². The summed E-state index contributed by atoms with van der Waals surface area (Å²) in [6.07, 6.45) is -2.00. The number of allylic oxidation sites excluding steroid dienone is 2. The van der Waals surface area contributed by atoms with Crippen molar-refractivity contribution in [3.8, 4) is 0 Å². The van der Waals surface area contributed by atoms with E-state index in [4.69, 9.17) is 20.8 Å². The summed E-state index contributed by atoms with van der Waals surface area (Å²) in [7, 11) is 0. The van der Waals surface area contributed by atoms with Gasteiger partial charge in [-0.1, -0.05) is 31.8 Å². The molecule has 0 aromatic carbocycles. The van der Waals surface area contributed by atoms with Crippen LogP contribution in [0.1, 0.15) is 33.1 Å². The Kier molecular flexibility index (Phi) is 5.55. The monoisotopic (exact) mass is 352 g/mol. The van der Waals surface area contributed by atoms with Gasteiger partial charge in [0.15, 0.2) is 0 Å². The zero-order valence-corrected chi connectivity index (χ0v) is 13.7. The lowest BCUT2D eigenvalue weighted by molar-refractivity contribution is 0.263. The Morgan fingerprint density at radius 2 is 1.08 bits per heavy atom. The summed E-state index contributed by atoms with van der Waals surface area (Å²) in [5, 5.41) is 68.6. The lowest BCUT2D eigenvalue weighted by atomic mass is 9.79. The van der Waals surface area contributed by atoms with Gasteiger partial charge in [0.1, 0.15) is 23.6 Å². The van der Waals surface area contributed by atoms with Crippen molar-refractivity contribution >= 4 is 22.8 Å². The molecule has 0 radical (unpaired) electrons. The van der Waals surface area contributed by atoms with Crippen LogP contribution in [0.25, 0.3) is 0 Å². The Labute approximate surface area is 143 Å². The molecule has 0 amide bonds. The maximum Gasteiger partial charge on any atom is 0.141 e. The molecule has 2 rings (SSSR count). The van der Waals surface area contributed by atoms with Gasteiger partial charge in [0, 0.05) is 12.8 Å². The average molecular weight is 352 g/mol. The molecule has 0 bridgehead atoms. The van der Waals surface area contributed by atoms with Crippen LogP contribution in [0.5, 0.6) is 0 Å². The van der Waals surface area contributed by atoms with Crippen LogP contribution >= 0.6 is 0 Å². The fourth-order valence-corrected chi connectivity index (χ4v) is 3.07. The first-order valence-corrected chi connectivity index (χ1v) is 7.49. The number of rotatable bonds is 2. The molecule has 0 heterocycles. The first-order valence-electron chi connectivity index (χ1n) is 7.49. The lowest BCUT2D eigenvalue weighted by Crippen LogP contribution is -2.37. The molecule has 10 heteroatoms. The maximum atomic E-state index is 10.0. The van der Waals surface area contributed by atoms with E-state index in [9.17, 15) is 10.2 Å². The SMILES string of the molecule is CC1=C(CC2=C(C)C(=NO)C(O)C(=NO)C2)CC(=NO)C(O)C1=NO. The van der Waals surface area contributed by atoms with Gasteiger partial charge in [-0.2, -0.15) is 0 Å². The second-order valence-electron chi connectivity index (χ2n) is 5.95. The third kappa shape index (κ3) is 3.26. The molecule has 25 heavy (non-hydrogen) atoms. The van der Waals surface area contributed by atoms with Crippen LogP contribution in [0.15, 0.2) is 42.9 Å². The minimum absolute atomic E-state index is 0.0183. The summed E-state index contributed by atoms with van der Waals surface area (Å²) in [6.45, 7) is 3.33. The standard InChI is InChI=1S/C15H20N4O6/c1-6-8(4-10(16-22)14(20)12(6)18-24)3-9-5-11(17-23)15(21)13(19-25)7(9)2/h14-15,20-25H,3-5H2,1-2H3. The van der Waals surface area contributed by atoms with Crippen molar-refractivity contribution in [1.82, 2.24) is 0 Å². The smallest absolute Gasteiger partial charge is 0.141 e. The highest BCUT2D eigenvalue weighted by Gasteiger charge is 2.34. The molecule has 0 aromatic rings. The number of aliphatic hydroxyl groups is 2. The van der Waals surface area contributed by atoms with Gasteiger partial charge in [0.2, 0.25) is 0 Å². The van der Waals surface area contributed by atoms with Crippen molar-refractivity contribution in [1.29, 1.82) is 0 Å². The van der Waals surface area contributed by atoms with Crippen LogP contribution in [-0.2, 0) is 0 Å². The number of nitrogens with zero attached hydrogens (tertiary/aromatic N) is 4. The third-order valence-corrected chi connectivity index (χ3v) is 4.67. The molecule has 2 atom stereocenters. The molecule has 0 saturated heterocycles. The van der Waals surface area contributed by atoms with E-state index in [1.54, 1.807) is 13.8 Å². The summed E-state index contributed by atoms with van der Waals surface area (Å²) < 4.78 is 0. The first-order chi connectivity index (χ1) is 11.9. The molecule has 2 unspecified atom stereocenters. The predicted molar refractivity (Wildman–Crippen MR) is 88.2 cm³/mol. The average Bonchev–Trinajstić information content (AvgIpc) is 2.60. The highest BCUT2D eigenvalue weighted by Crippen LogP contribution is 2.32. The van der Waals surface area contributed by atoms with Crippen LogP contribution in [0.2, 0.25) is 0 Å². The molecule has 6 N–H and O–H groups in total. The number of hydrogen-bond donors (Lipinski definition) is 6. The van der Waals surface area contributed by atoms with Crippen LogP contribution in [-0.4, -0.2) is 66.1 Å². The molecule has 10 nitrogen and oxygen atoms in total. The molecule has 2 aliphatic rings. The van der Waals surface area contributed by atoms with E-state index in [0.717, 1.165) is 0 Å². The highest BCUT2D eigenvalue weighted by atomic mass is 16.4. The maximum absolute atomic E-state index is 10.0. The Morgan fingerprint density at radius 3 is 1.36 bits per heavy atom. The number of oxime groups is 4. The lowest BCUT2D eigenvalue weighted by Gasteiger charge is -2.28.